The highest BCUT2D eigenvalue weighted by Gasteiger charge is 2.59. The third-order valence-corrected chi connectivity index (χ3v) is 9.48. The van der Waals surface area contributed by atoms with Gasteiger partial charge in [-0.1, -0.05) is 19.9 Å². The lowest BCUT2D eigenvalue weighted by Crippen LogP contribution is -2.57. The number of thiazole rings is 1. The largest absolute Gasteiger partial charge is 0.396 e. The number of anilines is 1. The summed E-state index contributed by atoms with van der Waals surface area (Å²) in [5.41, 5.74) is -0.112. The molecule has 10 heteroatoms. The molecule has 1 fully saturated rings. The highest BCUT2D eigenvalue weighted by atomic mass is 32.1. The van der Waals surface area contributed by atoms with E-state index in [1.54, 1.807) is 0 Å². The van der Waals surface area contributed by atoms with Crippen LogP contribution < -0.4 is 10.6 Å². The standard InChI is InChI=1S/C27H37FN4O4S/c1-26-9-8-21(34)27(2,15-33)20(26)14-19-23(18(26)13-22(35)29-10-11-32(3)4)30-25(37-19)31-24(36)16-6-5-7-17(28)12-16/h5-7,12,18,20-21,33-34H,8-11,13-15H2,1-4H3,(H,29,35)(H,30,31,36). The smallest absolute Gasteiger partial charge is 0.257 e. The van der Waals surface area contributed by atoms with E-state index in [2.05, 4.69) is 17.6 Å². The summed E-state index contributed by atoms with van der Waals surface area (Å²) in [7, 11) is 3.90. The van der Waals surface area contributed by atoms with Gasteiger partial charge in [0.2, 0.25) is 5.91 Å². The van der Waals surface area contributed by atoms with Crippen molar-refractivity contribution in [2.75, 3.05) is 39.1 Å². The fourth-order valence-electron chi connectivity index (χ4n) is 6.17. The van der Waals surface area contributed by atoms with E-state index in [9.17, 15) is 24.2 Å². The minimum absolute atomic E-state index is 0.0742. The Kier molecular flexibility index (Phi) is 8.04. The topological polar surface area (TPSA) is 115 Å². The van der Waals surface area contributed by atoms with Crippen LogP contribution in [0.5, 0.6) is 0 Å². The average Bonchev–Trinajstić information content (AvgIpc) is 3.24. The Bertz CT molecular complexity index is 1160. The minimum Gasteiger partial charge on any atom is -0.396 e. The Labute approximate surface area is 221 Å². The molecule has 1 saturated carbocycles. The van der Waals surface area contributed by atoms with Gasteiger partial charge in [0.25, 0.3) is 5.91 Å². The number of fused-ring (bicyclic) bond motifs is 2. The number of benzene rings is 1. The van der Waals surface area contributed by atoms with Crippen LogP contribution in [0.25, 0.3) is 0 Å². The lowest BCUT2D eigenvalue weighted by Gasteiger charge is -2.58. The number of rotatable bonds is 8. The second-order valence-electron chi connectivity index (χ2n) is 11.2. The first-order valence-corrected chi connectivity index (χ1v) is 13.6. The van der Waals surface area contributed by atoms with Gasteiger partial charge in [0.15, 0.2) is 5.13 Å². The first-order valence-electron chi connectivity index (χ1n) is 12.7. The lowest BCUT2D eigenvalue weighted by molar-refractivity contribution is -0.144. The van der Waals surface area contributed by atoms with Crippen LogP contribution in [0.1, 0.15) is 60.0 Å². The molecule has 1 heterocycles. The summed E-state index contributed by atoms with van der Waals surface area (Å²) < 4.78 is 13.6. The highest BCUT2D eigenvalue weighted by molar-refractivity contribution is 7.15. The zero-order valence-electron chi connectivity index (χ0n) is 21.9. The molecular weight excluding hydrogens is 495 g/mol. The summed E-state index contributed by atoms with van der Waals surface area (Å²) >= 11 is 1.34. The molecule has 4 rings (SSSR count). The van der Waals surface area contributed by atoms with E-state index in [0.717, 1.165) is 17.1 Å². The molecule has 4 N–H and O–H groups in total. The van der Waals surface area contributed by atoms with Crippen LogP contribution in [-0.4, -0.2) is 71.8 Å². The van der Waals surface area contributed by atoms with Gasteiger partial charge in [0, 0.05) is 41.3 Å². The Balaban J connectivity index is 1.66. The molecule has 37 heavy (non-hydrogen) atoms. The van der Waals surface area contributed by atoms with Crippen molar-refractivity contribution in [1.29, 1.82) is 0 Å². The monoisotopic (exact) mass is 532 g/mol. The lowest BCUT2D eigenvalue weighted by atomic mass is 9.47. The fraction of sp³-hybridized carbons (Fsp3) is 0.593. The second-order valence-corrected chi connectivity index (χ2v) is 12.3. The molecule has 202 valence electrons. The van der Waals surface area contributed by atoms with Crippen LogP contribution in [0, 0.1) is 22.6 Å². The van der Waals surface area contributed by atoms with Crippen LogP contribution in [0.4, 0.5) is 9.52 Å². The molecule has 1 aromatic carbocycles. The molecule has 2 aliphatic rings. The number of nitrogens with zero attached hydrogens (tertiary/aromatic N) is 2. The number of likely N-dealkylation sites (N-methyl/N-ethyl adjacent to an activating group) is 1. The van der Waals surface area contributed by atoms with Gasteiger partial charge in [-0.25, -0.2) is 9.37 Å². The van der Waals surface area contributed by atoms with Gasteiger partial charge in [-0.3, -0.25) is 14.9 Å². The van der Waals surface area contributed by atoms with E-state index >= 15 is 0 Å². The van der Waals surface area contributed by atoms with Crippen molar-refractivity contribution in [2.45, 2.75) is 51.6 Å². The normalized spacial score (nSPS) is 28.9. The van der Waals surface area contributed by atoms with Crippen molar-refractivity contribution < 1.29 is 24.2 Å². The van der Waals surface area contributed by atoms with Crippen molar-refractivity contribution in [3.8, 4) is 0 Å². The maximum absolute atomic E-state index is 13.6. The summed E-state index contributed by atoms with van der Waals surface area (Å²) in [5.74, 6) is -1.34. The molecule has 0 saturated heterocycles. The predicted octanol–water partition coefficient (Wildman–Crippen LogP) is 3.02. The van der Waals surface area contributed by atoms with Crippen LogP contribution in [-0.2, 0) is 11.2 Å². The minimum atomic E-state index is -0.723. The number of amides is 2. The predicted molar refractivity (Wildman–Crippen MR) is 141 cm³/mol. The zero-order chi connectivity index (χ0) is 27.0. The summed E-state index contributed by atoms with van der Waals surface area (Å²) in [5, 5.41) is 27.5. The van der Waals surface area contributed by atoms with Gasteiger partial charge in [0.05, 0.1) is 18.4 Å². The summed E-state index contributed by atoms with van der Waals surface area (Å²) in [6.45, 7) is 5.16. The van der Waals surface area contributed by atoms with Crippen LogP contribution in [0.15, 0.2) is 24.3 Å². The maximum Gasteiger partial charge on any atom is 0.257 e. The third-order valence-electron chi connectivity index (χ3n) is 8.47. The van der Waals surface area contributed by atoms with Gasteiger partial charge in [0.1, 0.15) is 5.82 Å². The molecule has 5 atom stereocenters. The molecule has 0 bridgehead atoms. The Morgan fingerprint density at radius 3 is 2.73 bits per heavy atom. The molecule has 1 aromatic heterocycles. The van der Waals surface area contributed by atoms with Crippen molar-refractivity contribution >= 4 is 28.3 Å². The molecule has 0 spiro atoms. The van der Waals surface area contributed by atoms with Crippen LogP contribution in [0.2, 0.25) is 0 Å². The van der Waals surface area contributed by atoms with Gasteiger partial charge in [-0.2, -0.15) is 0 Å². The van der Waals surface area contributed by atoms with Gasteiger partial charge >= 0.3 is 0 Å². The number of carbonyl (C=O) groups excluding carboxylic acids is 2. The molecule has 0 aliphatic heterocycles. The van der Waals surface area contributed by atoms with Crippen molar-refractivity contribution in [3.63, 3.8) is 0 Å². The molecule has 5 unspecified atom stereocenters. The average molecular weight is 533 g/mol. The Hall–Kier alpha value is -2.40. The van der Waals surface area contributed by atoms with E-state index < -0.39 is 23.2 Å². The van der Waals surface area contributed by atoms with E-state index in [-0.39, 0.29) is 41.7 Å². The molecular formula is C27H37FN4O4S. The number of hydrogen-bond acceptors (Lipinski definition) is 7. The van der Waals surface area contributed by atoms with E-state index in [1.165, 1.54) is 35.6 Å². The molecule has 2 aromatic rings. The number of aromatic nitrogens is 1. The number of aliphatic hydroxyl groups is 2. The second kappa shape index (κ2) is 10.8. The van der Waals surface area contributed by atoms with Crippen molar-refractivity contribution in [3.05, 3.63) is 46.2 Å². The van der Waals surface area contributed by atoms with Gasteiger partial charge < -0.3 is 20.4 Å². The first-order chi connectivity index (χ1) is 17.5. The van der Waals surface area contributed by atoms with E-state index in [0.29, 0.717) is 30.9 Å². The number of nitrogens with one attached hydrogen (secondary N) is 2. The van der Waals surface area contributed by atoms with E-state index in [1.807, 2.05) is 25.9 Å². The number of aliphatic hydroxyl groups excluding tert-OH is 2. The highest BCUT2D eigenvalue weighted by Crippen LogP contribution is 2.62. The fourth-order valence-corrected chi connectivity index (χ4v) is 7.24. The number of halogens is 1. The number of hydrogen-bond donors (Lipinski definition) is 4. The SMILES string of the molecule is CN(C)CCNC(=O)CC1c2nc(NC(=O)c3cccc(F)c3)sc2CC2C(C)(CO)C(O)CCC12C. The third kappa shape index (κ3) is 5.43. The quantitative estimate of drug-likeness (QED) is 0.416. The van der Waals surface area contributed by atoms with Crippen LogP contribution in [0.3, 0.4) is 0 Å². The number of carbonyl (C=O) groups is 2. The maximum atomic E-state index is 13.6. The summed E-state index contributed by atoms with van der Waals surface area (Å²) in [4.78, 5) is 33.6. The van der Waals surface area contributed by atoms with Crippen molar-refractivity contribution in [2.24, 2.45) is 16.7 Å². The van der Waals surface area contributed by atoms with Crippen LogP contribution >= 0.6 is 11.3 Å². The molecule has 0 radical (unpaired) electrons. The Morgan fingerprint density at radius 1 is 1.30 bits per heavy atom. The Morgan fingerprint density at radius 2 is 2.05 bits per heavy atom. The van der Waals surface area contributed by atoms with E-state index in [4.69, 9.17) is 4.98 Å². The molecule has 2 aliphatic carbocycles. The summed E-state index contributed by atoms with van der Waals surface area (Å²) in [6, 6.07) is 5.47. The van der Waals surface area contributed by atoms with Gasteiger partial charge in [-0.15, -0.1) is 11.3 Å². The van der Waals surface area contributed by atoms with Crippen molar-refractivity contribution in [1.82, 2.24) is 15.2 Å². The molecule has 8 nitrogen and oxygen atoms in total. The zero-order valence-corrected chi connectivity index (χ0v) is 22.7. The molecule has 2 amide bonds. The first kappa shape index (κ1) is 27.6. The van der Waals surface area contributed by atoms with Gasteiger partial charge in [-0.05, 0) is 62.9 Å². The summed E-state index contributed by atoms with van der Waals surface area (Å²) in [6.07, 6.45) is 1.40.